The van der Waals surface area contributed by atoms with Crippen LogP contribution in [0.25, 0.3) is 0 Å². The molecule has 0 radical (unpaired) electrons. The van der Waals surface area contributed by atoms with Crippen LogP contribution < -0.4 is 4.74 Å². The van der Waals surface area contributed by atoms with Crippen LogP contribution in [0.1, 0.15) is 106 Å². The van der Waals surface area contributed by atoms with Crippen LogP contribution in [0.5, 0.6) is 5.75 Å². The smallest absolute Gasteiger partial charge is 0.119 e. The standard InChI is InChI=1S/C30H45NO/c1-4-5-6-7-8-9-10-11-12-13-14-15-22-31-24-28-18-20-30(21-19-28)32-25-29-17-16-26(2)27(3)23-29/h16-21,23-24H,4-15,22,25H2,1-3H3/b31-24+. The normalized spacial score (nSPS) is 11.3. The maximum Gasteiger partial charge on any atom is 0.119 e. The molecule has 2 heteroatoms. The molecule has 0 fully saturated rings. The van der Waals surface area contributed by atoms with Gasteiger partial charge in [0.25, 0.3) is 0 Å². The largest absolute Gasteiger partial charge is 0.489 e. The van der Waals surface area contributed by atoms with Crippen LogP contribution >= 0.6 is 0 Å². The molecular formula is C30H45NO. The summed E-state index contributed by atoms with van der Waals surface area (Å²) in [6, 6.07) is 14.7. The Morgan fingerprint density at radius 1 is 0.688 bits per heavy atom. The summed E-state index contributed by atoms with van der Waals surface area (Å²) in [4.78, 5) is 4.60. The highest BCUT2D eigenvalue weighted by atomic mass is 16.5. The van der Waals surface area contributed by atoms with Gasteiger partial charge in [-0.25, -0.2) is 0 Å². The fourth-order valence-corrected chi connectivity index (χ4v) is 3.92. The third-order valence-electron chi connectivity index (χ3n) is 6.24. The van der Waals surface area contributed by atoms with E-state index in [1.54, 1.807) is 0 Å². The van der Waals surface area contributed by atoms with E-state index in [-0.39, 0.29) is 0 Å². The van der Waals surface area contributed by atoms with Crippen LogP contribution in [0.2, 0.25) is 0 Å². The fraction of sp³-hybridized carbons (Fsp3) is 0.567. The number of ether oxygens (including phenoxy) is 1. The first-order valence-corrected chi connectivity index (χ1v) is 13.0. The van der Waals surface area contributed by atoms with Crippen molar-refractivity contribution in [2.75, 3.05) is 6.54 Å². The topological polar surface area (TPSA) is 21.6 Å². The molecule has 0 saturated carbocycles. The average Bonchev–Trinajstić information content (AvgIpc) is 2.81. The maximum atomic E-state index is 5.92. The van der Waals surface area contributed by atoms with E-state index in [4.69, 9.17) is 4.74 Å². The maximum absolute atomic E-state index is 5.92. The molecule has 2 aromatic carbocycles. The number of hydrogen-bond acceptors (Lipinski definition) is 2. The number of nitrogens with zero attached hydrogens (tertiary/aromatic N) is 1. The molecule has 0 aliphatic rings. The summed E-state index contributed by atoms with van der Waals surface area (Å²) >= 11 is 0. The lowest BCUT2D eigenvalue weighted by Gasteiger charge is -2.08. The highest BCUT2D eigenvalue weighted by Gasteiger charge is 1.99. The Morgan fingerprint density at radius 3 is 1.88 bits per heavy atom. The van der Waals surface area contributed by atoms with Gasteiger partial charge in [0.1, 0.15) is 12.4 Å². The molecule has 0 saturated heterocycles. The lowest BCUT2D eigenvalue weighted by Crippen LogP contribution is -1.96. The summed E-state index contributed by atoms with van der Waals surface area (Å²) in [6.07, 6.45) is 18.6. The van der Waals surface area contributed by atoms with Crippen LogP contribution in [0.3, 0.4) is 0 Å². The van der Waals surface area contributed by atoms with Crippen molar-refractivity contribution in [1.29, 1.82) is 0 Å². The molecule has 0 aliphatic carbocycles. The van der Waals surface area contributed by atoms with Crippen LogP contribution in [0, 0.1) is 13.8 Å². The lowest BCUT2D eigenvalue weighted by atomic mass is 10.1. The van der Waals surface area contributed by atoms with Gasteiger partial charge in [0.05, 0.1) is 0 Å². The first-order chi connectivity index (χ1) is 15.7. The Hall–Kier alpha value is -2.09. The second-order valence-electron chi connectivity index (χ2n) is 9.20. The zero-order valence-corrected chi connectivity index (χ0v) is 20.9. The average molecular weight is 436 g/mol. The van der Waals surface area contributed by atoms with Crippen molar-refractivity contribution in [2.24, 2.45) is 4.99 Å². The van der Waals surface area contributed by atoms with Gasteiger partial charge in [-0.05, 0) is 66.8 Å². The number of rotatable bonds is 17. The molecule has 0 amide bonds. The van der Waals surface area contributed by atoms with E-state index in [0.717, 1.165) is 17.9 Å². The number of hydrogen-bond donors (Lipinski definition) is 0. The van der Waals surface area contributed by atoms with E-state index in [1.165, 1.54) is 93.7 Å². The first kappa shape index (κ1) is 26.2. The number of aliphatic imine (C=N–C) groups is 1. The summed E-state index contributed by atoms with van der Waals surface area (Å²) in [5.74, 6) is 0.904. The predicted molar refractivity (Wildman–Crippen MR) is 140 cm³/mol. The van der Waals surface area contributed by atoms with Crippen molar-refractivity contribution >= 4 is 6.21 Å². The minimum atomic E-state index is 0.605. The molecule has 2 aromatic rings. The van der Waals surface area contributed by atoms with Gasteiger partial charge < -0.3 is 4.74 Å². The molecule has 0 aliphatic heterocycles. The molecule has 2 nitrogen and oxygen atoms in total. The minimum absolute atomic E-state index is 0.605. The molecular weight excluding hydrogens is 390 g/mol. The third-order valence-corrected chi connectivity index (χ3v) is 6.24. The van der Waals surface area contributed by atoms with Gasteiger partial charge in [0, 0.05) is 12.8 Å². The monoisotopic (exact) mass is 435 g/mol. The van der Waals surface area contributed by atoms with Gasteiger partial charge in [-0.1, -0.05) is 95.8 Å². The van der Waals surface area contributed by atoms with Crippen LogP contribution in [0.4, 0.5) is 0 Å². The zero-order chi connectivity index (χ0) is 22.9. The second kappa shape index (κ2) is 16.5. The Bertz CT molecular complexity index is 763. The summed E-state index contributed by atoms with van der Waals surface area (Å²) < 4.78 is 5.92. The lowest BCUT2D eigenvalue weighted by molar-refractivity contribution is 0.306. The van der Waals surface area contributed by atoms with Crippen molar-refractivity contribution in [2.45, 2.75) is 104 Å². The molecule has 0 heterocycles. The fourth-order valence-electron chi connectivity index (χ4n) is 3.92. The summed E-state index contributed by atoms with van der Waals surface area (Å²) in [7, 11) is 0. The summed E-state index contributed by atoms with van der Waals surface area (Å²) in [5, 5.41) is 0. The zero-order valence-electron chi connectivity index (χ0n) is 20.9. The quantitative estimate of drug-likeness (QED) is 0.179. The van der Waals surface area contributed by atoms with Crippen molar-refractivity contribution in [3.8, 4) is 5.75 Å². The third kappa shape index (κ3) is 11.5. The van der Waals surface area contributed by atoms with Gasteiger partial charge in [-0.3, -0.25) is 4.99 Å². The van der Waals surface area contributed by atoms with Crippen molar-refractivity contribution in [3.05, 3.63) is 64.7 Å². The number of benzene rings is 2. The van der Waals surface area contributed by atoms with Crippen molar-refractivity contribution in [3.63, 3.8) is 0 Å². The van der Waals surface area contributed by atoms with Crippen LogP contribution in [0.15, 0.2) is 47.5 Å². The molecule has 32 heavy (non-hydrogen) atoms. The van der Waals surface area contributed by atoms with Gasteiger partial charge in [0.15, 0.2) is 0 Å². The highest BCUT2D eigenvalue weighted by Crippen LogP contribution is 2.16. The molecule has 0 bridgehead atoms. The van der Waals surface area contributed by atoms with E-state index in [9.17, 15) is 0 Å². The second-order valence-corrected chi connectivity index (χ2v) is 9.20. The Morgan fingerprint density at radius 2 is 1.28 bits per heavy atom. The molecule has 176 valence electrons. The summed E-state index contributed by atoms with van der Waals surface area (Å²) in [5.41, 5.74) is 4.98. The molecule has 0 atom stereocenters. The van der Waals surface area contributed by atoms with Crippen LogP contribution in [-0.2, 0) is 6.61 Å². The van der Waals surface area contributed by atoms with Crippen LogP contribution in [-0.4, -0.2) is 12.8 Å². The molecule has 2 rings (SSSR count). The van der Waals surface area contributed by atoms with E-state index >= 15 is 0 Å². The Labute approximate surface area is 197 Å². The van der Waals surface area contributed by atoms with Gasteiger partial charge in [-0.15, -0.1) is 0 Å². The predicted octanol–water partition coefficient (Wildman–Crippen LogP) is 9.00. The molecule has 0 N–H and O–H groups in total. The van der Waals surface area contributed by atoms with E-state index in [2.05, 4.69) is 56.1 Å². The minimum Gasteiger partial charge on any atom is -0.489 e. The Balaban J connectivity index is 1.50. The highest BCUT2D eigenvalue weighted by molar-refractivity contribution is 5.79. The van der Waals surface area contributed by atoms with Gasteiger partial charge >= 0.3 is 0 Å². The first-order valence-electron chi connectivity index (χ1n) is 13.0. The van der Waals surface area contributed by atoms with Crippen molar-refractivity contribution < 1.29 is 4.74 Å². The van der Waals surface area contributed by atoms with E-state index < -0.39 is 0 Å². The number of unbranched alkanes of at least 4 members (excludes halogenated alkanes) is 11. The Kier molecular flexibility index (Phi) is 13.5. The van der Waals surface area contributed by atoms with E-state index in [0.29, 0.717) is 6.61 Å². The van der Waals surface area contributed by atoms with Gasteiger partial charge in [-0.2, -0.15) is 0 Å². The summed E-state index contributed by atoms with van der Waals surface area (Å²) in [6.45, 7) is 8.10. The number of aryl methyl sites for hydroxylation is 2. The molecule has 0 aromatic heterocycles. The molecule has 0 spiro atoms. The molecule has 0 unspecified atom stereocenters. The van der Waals surface area contributed by atoms with E-state index in [1.807, 2.05) is 18.3 Å². The van der Waals surface area contributed by atoms with Gasteiger partial charge in [0.2, 0.25) is 0 Å². The SMILES string of the molecule is CCCCCCCCCCCCCC/N=C/c1ccc(OCc2ccc(C)c(C)c2)cc1. The van der Waals surface area contributed by atoms with Crippen molar-refractivity contribution in [1.82, 2.24) is 0 Å².